The van der Waals surface area contributed by atoms with Gasteiger partial charge >= 0.3 is 0 Å². The quantitative estimate of drug-likeness (QED) is 0.178. The molecule has 46 heavy (non-hydrogen) atoms. The van der Waals surface area contributed by atoms with Crippen molar-refractivity contribution in [2.45, 2.75) is 0 Å². The first-order chi connectivity index (χ1) is 22.3. The normalized spacial score (nSPS) is 10.4. The zero-order valence-corrected chi connectivity index (χ0v) is 26.9. The summed E-state index contributed by atoms with van der Waals surface area (Å²) in [5.74, 6) is 2.03. The van der Waals surface area contributed by atoms with Crippen molar-refractivity contribution in [3.05, 3.63) is 164 Å². The van der Waals surface area contributed by atoms with Crippen LogP contribution in [-0.2, 0) is 20.1 Å². The second-order valence-corrected chi connectivity index (χ2v) is 10.1. The van der Waals surface area contributed by atoms with Gasteiger partial charge in [0.1, 0.15) is 16.6 Å². The molecule has 0 atom stereocenters. The van der Waals surface area contributed by atoms with Crippen molar-refractivity contribution >= 4 is 33.3 Å². The van der Waals surface area contributed by atoms with Crippen LogP contribution >= 0.6 is 0 Å². The van der Waals surface area contributed by atoms with Crippen LogP contribution in [0, 0.1) is 0 Å². The largest absolute Gasteiger partial charge is 0.436 e. The minimum absolute atomic E-state index is 0. The van der Waals surface area contributed by atoms with Gasteiger partial charge in [-0.2, -0.15) is 0 Å². The van der Waals surface area contributed by atoms with E-state index in [0.29, 0.717) is 17.7 Å². The van der Waals surface area contributed by atoms with Crippen molar-refractivity contribution in [2.75, 3.05) is 0 Å². The van der Waals surface area contributed by atoms with E-state index in [4.69, 9.17) is 13.3 Å². The molecule has 9 aromatic rings. The molecule has 0 amide bonds. The van der Waals surface area contributed by atoms with E-state index in [0.717, 1.165) is 50.0 Å². The number of hydrogen-bond donors (Lipinski definition) is 0. The van der Waals surface area contributed by atoms with Gasteiger partial charge in [0.2, 0.25) is 17.7 Å². The summed E-state index contributed by atoms with van der Waals surface area (Å²) in [5, 5.41) is 0. The van der Waals surface area contributed by atoms with Crippen LogP contribution in [0.25, 0.3) is 67.7 Å². The van der Waals surface area contributed by atoms with E-state index >= 15 is 0 Å². The third-order valence-electron chi connectivity index (χ3n) is 6.94. The molecule has 0 fully saturated rings. The van der Waals surface area contributed by atoms with Gasteiger partial charge in [-0.1, -0.05) is 91.0 Å². The van der Waals surface area contributed by atoms with Crippen LogP contribution in [0.3, 0.4) is 0 Å². The SMILES string of the molecule is [Ir].c1ccc(-c2nc3ccccc3o2)cc1.c1ccc(-c2nc3ccccc3o2)cc1.c1ccc(-c2nc3ccccc3o2)cc1. The first-order valence-corrected chi connectivity index (χ1v) is 14.5. The van der Waals surface area contributed by atoms with Gasteiger partial charge in [0.05, 0.1) is 0 Å². The number of fused-ring (bicyclic) bond motifs is 3. The van der Waals surface area contributed by atoms with Gasteiger partial charge in [-0.15, -0.1) is 0 Å². The predicted octanol–water partition coefficient (Wildman–Crippen LogP) is 10.5. The average Bonchev–Trinajstić information content (AvgIpc) is 3.87. The molecule has 225 valence electrons. The smallest absolute Gasteiger partial charge is 0.227 e. The van der Waals surface area contributed by atoms with E-state index in [9.17, 15) is 0 Å². The van der Waals surface area contributed by atoms with Crippen LogP contribution in [-0.4, -0.2) is 15.0 Å². The van der Waals surface area contributed by atoms with Gasteiger partial charge in [-0.05, 0) is 72.8 Å². The third-order valence-corrected chi connectivity index (χ3v) is 6.94. The van der Waals surface area contributed by atoms with Crippen LogP contribution in [0.1, 0.15) is 0 Å². The molecule has 6 nitrogen and oxygen atoms in total. The van der Waals surface area contributed by atoms with Crippen LogP contribution in [0.2, 0.25) is 0 Å². The van der Waals surface area contributed by atoms with Gasteiger partial charge in [-0.3, -0.25) is 0 Å². The van der Waals surface area contributed by atoms with Gasteiger partial charge in [0.25, 0.3) is 0 Å². The molecule has 0 saturated carbocycles. The van der Waals surface area contributed by atoms with Gasteiger partial charge < -0.3 is 13.3 Å². The van der Waals surface area contributed by atoms with Crippen molar-refractivity contribution in [1.29, 1.82) is 0 Å². The molecule has 0 spiro atoms. The zero-order chi connectivity index (χ0) is 30.3. The minimum atomic E-state index is 0. The fraction of sp³-hybridized carbons (Fsp3) is 0. The molecule has 3 aromatic heterocycles. The van der Waals surface area contributed by atoms with E-state index < -0.39 is 0 Å². The molecular weight excluding hydrogens is 751 g/mol. The maximum atomic E-state index is 5.64. The Morgan fingerprint density at radius 2 is 0.522 bits per heavy atom. The fourth-order valence-corrected chi connectivity index (χ4v) is 4.73. The van der Waals surface area contributed by atoms with Crippen molar-refractivity contribution in [1.82, 2.24) is 15.0 Å². The summed E-state index contributed by atoms with van der Waals surface area (Å²) >= 11 is 0. The summed E-state index contributed by atoms with van der Waals surface area (Å²) in [7, 11) is 0. The Bertz CT molecular complexity index is 1920. The monoisotopic (exact) mass is 778 g/mol. The number of para-hydroxylation sites is 6. The van der Waals surface area contributed by atoms with Crippen LogP contribution < -0.4 is 0 Å². The summed E-state index contributed by atoms with van der Waals surface area (Å²) in [4.78, 5) is 13.2. The van der Waals surface area contributed by atoms with E-state index in [2.05, 4.69) is 15.0 Å². The van der Waals surface area contributed by atoms with E-state index in [1.54, 1.807) is 0 Å². The van der Waals surface area contributed by atoms with Crippen molar-refractivity contribution in [2.24, 2.45) is 0 Å². The number of rotatable bonds is 3. The maximum Gasteiger partial charge on any atom is 0.227 e. The van der Waals surface area contributed by atoms with Gasteiger partial charge in [-0.25, -0.2) is 15.0 Å². The average molecular weight is 778 g/mol. The molecule has 7 heteroatoms. The van der Waals surface area contributed by atoms with Crippen LogP contribution in [0.15, 0.2) is 177 Å². The zero-order valence-electron chi connectivity index (χ0n) is 24.5. The van der Waals surface area contributed by atoms with Crippen molar-refractivity contribution in [3.63, 3.8) is 0 Å². The predicted molar refractivity (Wildman–Crippen MR) is 178 cm³/mol. The Hall–Kier alpha value is -5.62. The molecule has 0 aliphatic carbocycles. The molecule has 0 N–H and O–H groups in total. The Morgan fingerprint density at radius 1 is 0.283 bits per heavy atom. The number of oxazole rings is 3. The van der Waals surface area contributed by atoms with Crippen molar-refractivity contribution < 1.29 is 33.4 Å². The molecule has 0 unspecified atom stereocenters. The second-order valence-electron chi connectivity index (χ2n) is 10.1. The molecule has 1 radical (unpaired) electrons. The second kappa shape index (κ2) is 14.4. The van der Waals surface area contributed by atoms with Crippen molar-refractivity contribution in [3.8, 4) is 34.4 Å². The Balaban J connectivity index is 0.000000120. The summed E-state index contributed by atoms with van der Waals surface area (Å²) in [5.41, 5.74) is 8.21. The maximum absolute atomic E-state index is 5.64. The topological polar surface area (TPSA) is 78.1 Å². The van der Waals surface area contributed by atoms with E-state index in [-0.39, 0.29) is 20.1 Å². The van der Waals surface area contributed by atoms with E-state index in [1.165, 1.54) is 0 Å². The third kappa shape index (κ3) is 7.02. The Kier molecular flexibility index (Phi) is 9.55. The number of nitrogens with zero attached hydrogens (tertiary/aromatic N) is 3. The minimum Gasteiger partial charge on any atom is -0.436 e. The number of benzene rings is 6. The van der Waals surface area contributed by atoms with Gasteiger partial charge in [0.15, 0.2) is 16.7 Å². The van der Waals surface area contributed by atoms with Crippen LogP contribution in [0.5, 0.6) is 0 Å². The number of hydrogen-bond acceptors (Lipinski definition) is 6. The summed E-state index contributed by atoms with van der Waals surface area (Å²) in [6.07, 6.45) is 0. The summed E-state index contributed by atoms with van der Waals surface area (Å²) in [6, 6.07) is 53.1. The standard InChI is InChI=1S/3C13H9NO.Ir/c3*1-2-6-10(7-3-1)13-14-11-8-4-5-9-12(11)15-13;/h3*1-9H;. The van der Waals surface area contributed by atoms with E-state index in [1.807, 2.05) is 164 Å². The Labute approximate surface area is 278 Å². The molecule has 0 aliphatic rings. The molecule has 0 saturated heterocycles. The Morgan fingerprint density at radius 3 is 0.783 bits per heavy atom. The first kappa shape index (κ1) is 30.4. The molecule has 9 rings (SSSR count). The molecule has 0 bridgehead atoms. The molecule has 0 aliphatic heterocycles. The summed E-state index contributed by atoms with van der Waals surface area (Å²) in [6.45, 7) is 0. The first-order valence-electron chi connectivity index (χ1n) is 14.5. The molecular formula is C39H27IrN3O3. The van der Waals surface area contributed by atoms with Crippen LogP contribution in [0.4, 0.5) is 0 Å². The molecule has 3 heterocycles. The number of aromatic nitrogens is 3. The fourth-order valence-electron chi connectivity index (χ4n) is 4.73. The summed E-state index contributed by atoms with van der Waals surface area (Å²) < 4.78 is 16.9. The van der Waals surface area contributed by atoms with Gasteiger partial charge in [0, 0.05) is 36.8 Å². The molecule has 6 aromatic carbocycles.